The summed E-state index contributed by atoms with van der Waals surface area (Å²) in [5, 5.41) is 4.67. The maximum absolute atomic E-state index is 12.9. The highest BCUT2D eigenvalue weighted by Gasteiger charge is 2.29. The number of ether oxygens (including phenoxy) is 1. The number of nitrogens with zero attached hydrogens (tertiary/aromatic N) is 4. The molecule has 1 fully saturated rings. The van der Waals surface area contributed by atoms with Gasteiger partial charge >= 0.3 is 5.97 Å². The highest BCUT2D eigenvalue weighted by atomic mass is 35.5. The van der Waals surface area contributed by atoms with E-state index in [1.54, 1.807) is 34.7 Å². The van der Waals surface area contributed by atoms with Crippen molar-refractivity contribution in [1.29, 1.82) is 0 Å². The summed E-state index contributed by atoms with van der Waals surface area (Å²) >= 11 is 5.93. The van der Waals surface area contributed by atoms with E-state index >= 15 is 0 Å². The minimum Gasteiger partial charge on any atom is -0.466 e. The van der Waals surface area contributed by atoms with E-state index in [0.29, 0.717) is 42.1 Å². The third-order valence-corrected chi connectivity index (χ3v) is 5.53. The first-order chi connectivity index (χ1) is 15.0. The Hall–Kier alpha value is -3.13. The molecule has 0 N–H and O–H groups in total. The van der Waals surface area contributed by atoms with Gasteiger partial charge in [0.1, 0.15) is 12.2 Å². The average Bonchev–Trinajstić information content (AvgIpc) is 3.44. The van der Waals surface area contributed by atoms with Gasteiger partial charge in [-0.25, -0.2) is 0 Å². The normalized spacial score (nSPS) is 16.3. The number of benzene rings is 1. The van der Waals surface area contributed by atoms with E-state index in [-0.39, 0.29) is 24.3 Å². The third-order valence-electron chi connectivity index (χ3n) is 5.28. The van der Waals surface area contributed by atoms with Gasteiger partial charge in [0, 0.05) is 29.9 Å². The third kappa shape index (κ3) is 4.80. The Bertz CT molecular complexity index is 1060. The first kappa shape index (κ1) is 21.1. The van der Waals surface area contributed by atoms with Crippen LogP contribution >= 0.6 is 11.6 Å². The van der Waals surface area contributed by atoms with Crippen LogP contribution in [-0.2, 0) is 20.9 Å². The number of carbonyl (C=O) groups excluding carboxylic acids is 2. The highest BCUT2D eigenvalue weighted by molar-refractivity contribution is 6.30. The fourth-order valence-electron chi connectivity index (χ4n) is 3.69. The number of esters is 1. The molecule has 4 rings (SSSR count). The van der Waals surface area contributed by atoms with Crippen molar-refractivity contribution in [2.75, 3.05) is 19.7 Å². The number of hydrogen-bond donors (Lipinski definition) is 0. The predicted octanol–water partition coefficient (Wildman–Crippen LogP) is 3.66. The smallest absolute Gasteiger partial charge is 0.310 e. The van der Waals surface area contributed by atoms with Gasteiger partial charge in [0.25, 0.3) is 5.89 Å². The largest absolute Gasteiger partial charge is 0.466 e. The number of carbonyl (C=O) groups is 2. The van der Waals surface area contributed by atoms with Crippen LogP contribution in [0.2, 0.25) is 5.02 Å². The van der Waals surface area contributed by atoms with Gasteiger partial charge < -0.3 is 18.7 Å². The second-order valence-corrected chi connectivity index (χ2v) is 7.82. The summed E-state index contributed by atoms with van der Waals surface area (Å²) in [5.41, 5.74) is 1.44. The molecular weight excluding hydrogens is 420 g/mol. The second kappa shape index (κ2) is 9.34. The number of amides is 1. The zero-order valence-corrected chi connectivity index (χ0v) is 17.9. The Morgan fingerprint density at radius 2 is 2.06 bits per heavy atom. The standard InChI is InChI=1S/C22H23ClN4O4/c1-2-30-22(29)16-5-3-12-27(13-16)19(28)14-26-11-4-6-18(26)21-24-20(25-31-21)15-7-9-17(23)10-8-15/h4,6-11,16H,2-3,5,12-14H2,1H3/t16-/m0/s1. The summed E-state index contributed by atoms with van der Waals surface area (Å²) < 4.78 is 12.3. The molecule has 1 amide bonds. The van der Waals surface area contributed by atoms with Crippen molar-refractivity contribution >= 4 is 23.5 Å². The van der Waals surface area contributed by atoms with Crippen LogP contribution in [0.3, 0.4) is 0 Å². The van der Waals surface area contributed by atoms with Crippen molar-refractivity contribution in [2.45, 2.75) is 26.3 Å². The molecule has 1 aliphatic heterocycles. The van der Waals surface area contributed by atoms with Gasteiger partial charge in [0.05, 0.1) is 12.5 Å². The first-order valence-corrected chi connectivity index (χ1v) is 10.6. The molecule has 31 heavy (non-hydrogen) atoms. The summed E-state index contributed by atoms with van der Waals surface area (Å²) in [5.74, 6) is 0.204. The van der Waals surface area contributed by atoms with Crippen molar-refractivity contribution in [3.8, 4) is 23.0 Å². The van der Waals surface area contributed by atoms with Crippen LogP contribution in [0.25, 0.3) is 23.0 Å². The van der Waals surface area contributed by atoms with Crippen molar-refractivity contribution < 1.29 is 18.8 Å². The molecule has 1 aliphatic rings. The molecule has 0 unspecified atom stereocenters. The Balaban J connectivity index is 1.46. The molecule has 0 radical (unpaired) electrons. The monoisotopic (exact) mass is 442 g/mol. The van der Waals surface area contributed by atoms with Gasteiger partial charge in [-0.15, -0.1) is 0 Å². The molecule has 162 valence electrons. The van der Waals surface area contributed by atoms with E-state index in [9.17, 15) is 9.59 Å². The quantitative estimate of drug-likeness (QED) is 0.541. The molecule has 3 heterocycles. The zero-order valence-electron chi connectivity index (χ0n) is 17.2. The fourth-order valence-corrected chi connectivity index (χ4v) is 3.82. The molecule has 0 spiro atoms. The lowest BCUT2D eigenvalue weighted by Crippen LogP contribution is -2.44. The van der Waals surface area contributed by atoms with Crippen LogP contribution in [0.1, 0.15) is 19.8 Å². The average molecular weight is 443 g/mol. The van der Waals surface area contributed by atoms with E-state index in [4.69, 9.17) is 20.9 Å². The van der Waals surface area contributed by atoms with Gasteiger partial charge in [-0.3, -0.25) is 9.59 Å². The molecular formula is C22H23ClN4O4. The Morgan fingerprint density at radius 3 is 2.84 bits per heavy atom. The van der Waals surface area contributed by atoms with Crippen LogP contribution in [0.4, 0.5) is 0 Å². The predicted molar refractivity (Wildman–Crippen MR) is 114 cm³/mol. The molecule has 0 bridgehead atoms. The van der Waals surface area contributed by atoms with Crippen LogP contribution in [0.5, 0.6) is 0 Å². The Kier molecular flexibility index (Phi) is 6.36. The zero-order chi connectivity index (χ0) is 21.8. The Morgan fingerprint density at radius 1 is 1.26 bits per heavy atom. The summed E-state index contributed by atoms with van der Waals surface area (Å²) in [6.45, 7) is 3.27. The molecule has 1 atom stereocenters. The van der Waals surface area contributed by atoms with E-state index in [0.717, 1.165) is 18.4 Å². The van der Waals surface area contributed by atoms with Crippen molar-refractivity contribution in [1.82, 2.24) is 19.6 Å². The van der Waals surface area contributed by atoms with Gasteiger partial charge in [0.15, 0.2) is 0 Å². The number of aromatic nitrogens is 3. The van der Waals surface area contributed by atoms with Gasteiger partial charge in [-0.1, -0.05) is 16.8 Å². The molecule has 3 aromatic rings. The van der Waals surface area contributed by atoms with E-state index in [2.05, 4.69) is 10.1 Å². The highest BCUT2D eigenvalue weighted by Crippen LogP contribution is 2.24. The molecule has 9 heteroatoms. The van der Waals surface area contributed by atoms with Crippen LogP contribution in [-0.4, -0.2) is 51.2 Å². The maximum Gasteiger partial charge on any atom is 0.310 e. The number of rotatable bonds is 6. The molecule has 1 aromatic carbocycles. The topological polar surface area (TPSA) is 90.5 Å². The van der Waals surface area contributed by atoms with E-state index in [1.807, 2.05) is 24.3 Å². The lowest BCUT2D eigenvalue weighted by atomic mass is 9.98. The number of likely N-dealkylation sites (tertiary alicyclic amines) is 1. The number of piperidine rings is 1. The summed E-state index contributed by atoms with van der Waals surface area (Å²) in [7, 11) is 0. The summed E-state index contributed by atoms with van der Waals surface area (Å²) in [4.78, 5) is 31.2. The lowest BCUT2D eigenvalue weighted by Gasteiger charge is -2.31. The molecule has 2 aromatic heterocycles. The lowest BCUT2D eigenvalue weighted by molar-refractivity contribution is -0.151. The minimum atomic E-state index is -0.264. The van der Waals surface area contributed by atoms with Crippen molar-refractivity contribution in [3.05, 3.63) is 47.6 Å². The van der Waals surface area contributed by atoms with Gasteiger partial charge in [-0.05, 0) is 56.2 Å². The first-order valence-electron chi connectivity index (χ1n) is 10.2. The molecule has 8 nitrogen and oxygen atoms in total. The number of halogens is 1. The van der Waals surface area contributed by atoms with E-state index in [1.165, 1.54) is 0 Å². The number of hydrogen-bond acceptors (Lipinski definition) is 6. The molecule has 0 aliphatic carbocycles. The van der Waals surface area contributed by atoms with Gasteiger partial charge in [0.2, 0.25) is 11.7 Å². The summed E-state index contributed by atoms with van der Waals surface area (Å²) in [6, 6.07) is 10.8. The van der Waals surface area contributed by atoms with Crippen LogP contribution in [0.15, 0.2) is 47.1 Å². The SMILES string of the molecule is CCOC(=O)[C@H]1CCCN(C(=O)Cn2cccc2-c2nc(-c3ccc(Cl)cc3)no2)C1. The van der Waals surface area contributed by atoms with Crippen LogP contribution < -0.4 is 0 Å². The Labute approximate surface area is 184 Å². The summed E-state index contributed by atoms with van der Waals surface area (Å²) in [6.07, 6.45) is 3.32. The minimum absolute atomic E-state index is 0.0658. The maximum atomic E-state index is 12.9. The van der Waals surface area contributed by atoms with Crippen LogP contribution in [0, 0.1) is 5.92 Å². The van der Waals surface area contributed by atoms with E-state index < -0.39 is 0 Å². The second-order valence-electron chi connectivity index (χ2n) is 7.38. The van der Waals surface area contributed by atoms with Crippen molar-refractivity contribution in [2.24, 2.45) is 5.92 Å². The fraction of sp³-hybridized carbons (Fsp3) is 0.364. The molecule has 1 saturated heterocycles. The van der Waals surface area contributed by atoms with Crippen molar-refractivity contribution in [3.63, 3.8) is 0 Å². The van der Waals surface area contributed by atoms with Gasteiger partial charge in [-0.2, -0.15) is 4.98 Å². The molecule has 0 saturated carbocycles.